The molecular weight excluding hydrogens is 548 g/mol. The summed E-state index contributed by atoms with van der Waals surface area (Å²) in [5, 5.41) is 15.2. The molecule has 1 aromatic carbocycles. The second kappa shape index (κ2) is 12.8. The highest BCUT2D eigenvalue weighted by Gasteiger charge is 2.47. The van der Waals surface area contributed by atoms with Crippen molar-refractivity contribution in [1.29, 1.82) is 5.26 Å². The number of aromatic nitrogens is 3. The maximum absolute atomic E-state index is 10.4. The average Bonchev–Trinajstić information content (AvgIpc) is 3.48. The van der Waals surface area contributed by atoms with Crippen molar-refractivity contribution >= 4 is 22.8 Å². The van der Waals surface area contributed by atoms with E-state index in [2.05, 4.69) is 106 Å². The van der Waals surface area contributed by atoms with E-state index >= 15 is 0 Å². The van der Waals surface area contributed by atoms with Gasteiger partial charge in [0.2, 0.25) is 0 Å². The van der Waals surface area contributed by atoms with E-state index in [1.165, 1.54) is 0 Å². The number of rotatable bonds is 8. The number of nitrogens with zero attached hydrogens (tertiary/aromatic N) is 6. The Labute approximate surface area is 265 Å². The van der Waals surface area contributed by atoms with Gasteiger partial charge in [-0.05, 0) is 79.5 Å². The molecule has 1 saturated carbocycles. The second-order valence-electron chi connectivity index (χ2n) is 15.9. The van der Waals surface area contributed by atoms with E-state index in [9.17, 15) is 5.26 Å². The fraction of sp³-hybridized carbons (Fsp3) is 0.667. The number of allylic oxidation sites excluding steroid dienone is 1. The molecule has 1 aromatic heterocycles. The number of nitriles is 1. The summed E-state index contributed by atoms with van der Waals surface area (Å²) >= 11 is 0. The van der Waals surface area contributed by atoms with Crippen LogP contribution in [0.5, 0.6) is 0 Å². The fourth-order valence-corrected chi connectivity index (χ4v) is 6.64. The van der Waals surface area contributed by atoms with Crippen LogP contribution in [-0.2, 0) is 15.2 Å². The fourth-order valence-electron chi connectivity index (χ4n) is 6.64. The third-order valence-electron chi connectivity index (χ3n) is 9.31. The summed E-state index contributed by atoms with van der Waals surface area (Å²) in [4.78, 5) is 24.7. The first-order valence-corrected chi connectivity index (χ1v) is 16.3. The van der Waals surface area contributed by atoms with E-state index in [-0.39, 0.29) is 29.0 Å². The van der Waals surface area contributed by atoms with Crippen molar-refractivity contribution in [1.82, 2.24) is 14.8 Å². The predicted molar refractivity (Wildman–Crippen MR) is 179 cm³/mol. The van der Waals surface area contributed by atoms with Crippen molar-refractivity contribution in [3.05, 3.63) is 41.5 Å². The summed E-state index contributed by atoms with van der Waals surface area (Å²) in [6.07, 6.45) is 2.14. The minimum Gasteiger partial charge on any atom is -0.372 e. The van der Waals surface area contributed by atoms with Gasteiger partial charge in [-0.2, -0.15) is 9.94 Å². The Morgan fingerprint density at radius 3 is 2.00 bits per heavy atom. The lowest BCUT2D eigenvalue weighted by Gasteiger charge is -2.49. The van der Waals surface area contributed by atoms with Crippen LogP contribution in [0.15, 0.2) is 34.8 Å². The lowest BCUT2D eigenvalue weighted by molar-refractivity contribution is -0.354. The molecule has 1 fully saturated rings. The molecule has 0 N–H and O–H groups in total. The Morgan fingerprint density at radius 1 is 0.955 bits per heavy atom. The van der Waals surface area contributed by atoms with Crippen molar-refractivity contribution in [2.75, 3.05) is 24.6 Å². The lowest BCUT2D eigenvalue weighted by Crippen LogP contribution is -2.48. The SMILES string of the molecule is CCN(CC)c1ccc(N=C2C(COOC3C(C(C)(C)C)CC(C)CC3C(C)(C)C)=C(C#N)c3nc(C(C)(C)C)nn32)cc1. The highest BCUT2D eigenvalue weighted by molar-refractivity contribution is 6.14. The zero-order chi connectivity index (χ0) is 32.6. The monoisotopic (exact) mass is 602 g/mol. The molecule has 2 heterocycles. The van der Waals surface area contributed by atoms with Gasteiger partial charge in [0.15, 0.2) is 17.5 Å². The van der Waals surface area contributed by atoms with Crippen LogP contribution in [-0.4, -0.2) is 46.4 Å². The van der Waals surface area contributed by atoms with Crippen LogP contribution in [0.4, 0.5) is 11.4 Å². The molecule has 0 bridgehead atoms. The summed E-state index contributed by atoms with van der Waals surface area (Å²) in [6.45, 7) is 28.6. The minimum atomic E-state index is -0.281. The molecule has 1 aliphatic heterocycles. The first kappa shape index (κ1) is 33.9. The normalized spacial score (nSPS) is 23.7. The Hall–Kier alpha value is -3.02. The second-order valence-corrected chi connectivity index (χ2v) is 15.9. The third kappa shape index (κ3) is 7.10. The van der Waals surface area contributed by atoms with Crippen molar-refractivity contribution in [2.45, 2.75) is 107 Å². The Kier molecular flexibility index (Phi) is 9.83. The highest BCUT2D eigenvalue weighted by Crippen LogP contribution is 2.49. The molecule has 240 valence electrons. The molecule has 2 unspecified atom stereocenters. The maximum atomic E-state index is 10.4. The summed E-state index contributed by atoms with van der Waals surface area (Å²) in [6, 6.07) is 10.6. The van der Waals surface area contributed by atoms with Crippen molar-refractivity contribution < 1.29 is 9.78 Å². The van der Waals surface area contributed by atoms with Gasteiger partial charge < -0.3 is 4.90 Å². The molecular formula is C36H54N6O2. The number of hydrogen-bond acceptors (Lipinski definition) is 7. The van der Waals surface area contributed by atoms with Gasteiger partial charge in [-0.25, -0.2) is 19.8 Å². The summed E-state index contributed by atoms with van der Waals surface area (Å²) in [7, 11) is 0. The van der Waals surface area contributed by atoms with E-state index in [1.807, 2.05) is 12.1 Å². The summed E-state index contributed by atoms with van der Waals surface area (Å²) in [5.41, 5.74) is 2.83. The van der Waals surface area contributed by atoms with Gasteiger partial charge >= 0.3 is 0 Å². The quantitative estimate of drug-likeness (QED) is 0.223. The molecule has 8 nitrogen and oxygen atoms in total. The molecule has 2 aliphatic rings. The number of aliphatic imine (C=N–C) groups is 1. The zero-order valence-electron chi connectivity index (χ0n) is 29.2. The molecule has 0 radical (unpaired) electrons. The van der Waals surface area contributed by atoms with Crippen LogP contribution in [0.2, 0.25) is 0 Å². The van der Waals surface area contributed by atoms with Crippen molar-refractivity contribution in [3.8, 4) is 6.07 Å². The van der Waals surface area contributed by atoms with Gasteiger partial charge in [0.25, 0.3) is 0 Å². The first-order valence-electron chi connectivity index (χ1n) is 16.3. The Balaban J connectivity index is 1.70. The van der Waals surface area contributed by atoms with E-state index < -0.39 is 0 Å². The average molecular weight is 603 g/mol. The van der Waals surface area contributed by atoms with Crippen LogP contribution >= 0.6 is 0 Å². The molecule has 0 amide bonds. The molecule has 44 heavy (non-hydrogen) atoms. The highest BCUT2D eigenvalue weighted by atomic mass is 17.2. The number of hydrogen-bond donors (Lipinski definition) is 0. The minimum absolute atomic E-state index is 0.0607. The zero-order valence-corrected chi connectivity index (χ0v) is 29.2. The molecule has 1 aliphatic carbocycles. The third-order valence-corrected chi connectivity index (χ3v) is 9.31. The molecule has 8 heteroatoms. The van der Waals surface area contributed by atoms with E-state index in [1.54, 1.807) is 4.68 Å². The number of anilines is 1. The topological polar surface area (TPSA) is 88.6 Å². The number of fused-ring (bicyclic) bond motifs is 1. The van der Waals surface area contributed by atoms with E-state index in [0.29, 0.717) is 46.4 Å². The Morgan fingerprint density at radius 2 is 1.52 bits per heavy atom. The summed E-state index contributed by atoms with van der Waals surface area (Å²) in [5.74, 6) is 3.02. The van der Waals surface area contributed by atoms with Gasteiger partial charge in [0, 0.05) is 29.8 Å². The first-order chi connectivity index (χ1) is 20.5. The molecule has 2 aromatic rings. The van der Waals surface area contributed by atoms with Gasteiger partial charge in [0.05, 0.1) is 11.8 Å². The number of benzene rings is 1. The van der Waals surface area contributed by atoms with Gasteiger partial charge in [-0.15, -0.1) is 5.10 Å². The van der Waals surface area contributed by atoms with Crippen molar-refractivity contribution in [2.24, 2.45) is 33.6 Å². The smallest absolute Gasteiger partial charge is 0.176 e. The Bertz CT molecular complexity index is 1380. The van der Waals surface area contributed by atoms with E-state index in [4.69, 9.17) is 24.9 Å². The van der Waals surface area contributed by atoms with Crippen LogP contribution in [0, 0.1) is 39.9 Å². The van der Waals surface area contributed by atoms with Crippen molar-refractivity contribution in [3.63, 3.8) is 0 Å². The van der Waals surface area contributed by atoms with Crippen LogP contribution in [0.1, 0.15) is 108 Å². The van der Waals surface area contributed by atoms with Gasteiger partial charge in [-0.3, -0.25) is 0 Å². The standard InChI is InChI=1S/C36H54N6O2/c1-13-41(14-2)25-17-15-24(16-18-25)38-32-27(26(21-37)31-39-33(36(10,11)12)40-42(31)32)22-43-44-30-28(34(4,5)6)19-23(3)20-29(30)35(7,8)9/h15-18,23,28-30H,13-14,19-20,22H2,1-12H3. The molecule has 2 atom stereocenters. The largest absolute Gasteiger partial charge is 0.372 e. The van der Waals surface area contributed by atoms with Crippen LogP contribution in [0.25, 0.3) is 5.57 Å². The predicted octanol–water partition coefficient (Wildman–Crippen LogP) is 8.36. The van der Waals surface area contributed by atoms with Gasteiger partial charge in [0.1, 0.15) is 18.2 Å². The van der Waals surface area contributed by atoms with Crippen LogP contribution in [0.3, 0.4) is 0 Å². The summed E-state index contributed by atoms with van der Waals surface area (Å²) < 4.78 is 1.70. The lowest BCUT2D eigenvalue weighted by atomic mass is 9.59. The maximum Gasteiger partial charge on any atom is 0.176 e. The molecule has 0 spiro atoms. The van der Waals surface area contributed by atoms with Gasteiger partial charge in [-0.1, -0.05) is 69.2 Å². The molecule has 0 saturated heterocycles. The van der Waals surface area contributed by atoms with E-state index in [0.717, 1.165) is 37.3 Å². The molecule has 4 rings (SSSR count). The van der Waals surface area contributed by atoms with Crippen LogP contribution < -0.4 is 4.90 Å².